The van der Waals surface area contributed by atoms with Crippen molar-refractivity contribution in [1.82, 2.24) is 25.1 Å². The second-order valence-electron chi connectivity index (χ2n) is 8.78. The lowest BCUT2D eigenvalue weighted by Crippen LogP contribution is -2.29. The van der Waals surface area contributed by atoms with Crippen LogP contribution in [-0.2, 0) is 12.7 Å². The number of fused-ring (bicyclic) bond motifs is 1. The largest absolute Gasteiger partial charge is 0.433 e. The fraction of sp³-hybridized carbons (Fsp3) is 0.269. The number of nitrogens with zero attached hydrogens (tertiary/aromatic N) is 4. The highest BCUT2D eigenvalue weighted by Gasteiger charge is 2.32. The minimum absolute atomic E-state index is 0.393. The lowest BCUT2D eigenvalue weighted by atomic mass is 10.0. The third kappa shape index (κ3) is 5.19. The van der Waals surface area contributed by atoms with Crippen molar-refractivity contribution in [1.29, 1.82) is 0 Å². The number of aromatic nitrogens is 4. The molecule has 1 aliphatic rings. The van der Waals surface area contributed by atoms with Crippen LogP contribution in [0.5, 0.6) is 0 Å². The Labute approximate surface area is 200 Å². The van der Waals surface area contributed by atoms with Gasteiger partial charge in [-0.1, -0.05) is 19.1 Å². The van der Waals surface area contributed by atoms with Gasteiger partial charge in [-0.25, -0.2) is 4.98 Å². The molecule has 1 saturated heterocycles. The van der Waals surface area contributed by atoms with Crippen LogP contribution in [0.4, 0.5) is 18.9 Å². The van der Waals surface area contributed by atoms with Crippen molar-refractivity contribution in [3.63, 3.8) is 0 Å². The molecule has 1 aliphatic heterocycles. The minimum Gasteiger partial charge on any atom is -0.353 e. The number of likely N-dealkylation sites (tertiary alicyclic amines) is 1. The van der Waals surface area contributed by atoms with Crippen LogP contribution in [0.3, 0.4) is 0 Å². The van der Waals surface area contributed by atoms with Crippen LogP contribution >= 0.6 is 0 Å². The lowest BCUT2D eigenvalue weighted by molar-refractivity contribution is -0.141. The number of pyridine rings is 2. The van der Waals surface area contributed by atoms with Crippen molar-refractivity contribution in [2.45, 2.75) is 32.0 Å². The van der Waals surface area contributed by atoms with Gasteiger partial charge in [0.1, 0.15) is 11.4 Å². The van der Waals surface area contributed by atoms with Crippen LogP contribution in [0.25, 0.3) is 27.7 Å². The monoisotopic (exact) mass is 478 g/mol. The maximum Gasteiger partial charge on any atom is 0.433 e. The van der Waals surface area contributed by atoms with Crippen molar-refractivity contribution in [3.8, 4) is 11.1 Å². The Kier molecular flexibility index (Phi) is 6.25. The first-order chi connectivity index (χ1) is 16.9. The van der Waals surface area contributed by atoms with Crippen LogP contribution in [0.1, 0.15) is 36.2 Å². The first kappa shape index (κ1) is 23.0. The van der Waals surface area contributed by atoms with Gasteiger partial charge >= 0.3 is 6.18 Å². The molecule has 35 heavy (non-hydrogen) atoms. The number of H-pyrrole nitrogens is 1. The van der Waals surface area contributed by atoms with E-state index in [2.05, 4.69) is 43.0 Å². The van der Waals surface area contributed by atoms with E-state index < -0.39 is 11.9 Å². The standard InChI is InChI=1S/C26H25F3N6/c1-17(32-21-6-8-24(31-15-21)26(27,28)29)25-22-12-19(5-7-23(22)33-34-25)20-11-18(13-30-14-20)16-35-9-3-2-4-10-35/h5-8,11-15,32H,1-4,9-10,16H2,(H,33,34). The summed E-state index contributed by atoms with van der Waals surface area (Å²) in [5, 5.41) is 11.2. The summed E-state index contributed by atoms with van der Waals surface area (Å²) in [5.41, 5.74) is 4.50. The van der Waals surface area contributed by atoms with E-state index in [1.165, 1.54) is 30.9 Å². The van der Waals surface area contributed by atoms with E-state index in [1.807, 2.05) is 30.6 Å². The van der Waals surface area contributed by atoms with Gasteiger partial charge in [0, 0.05) is 29.9 Å². The Morgan fingerprint density at radius 3 is 2.57 bits per heavy atom. The zero-order valence-electron chi connectivity index (χ0n) is 19.1. The normalized spacial score (nSPS) is 14.8. The average molecular weight is 479 g/mol. The molecular formula is C26H25F3N6. The summed E-state index contributed by atoms with van der Waals surface area (Å²) in [6.07, 6.45) is 4.21. The van der Waals surface area contributed by atoms with Gasteiger partial charge in [-0.15, -0.1) is 0 Å². The molecule has 3 aromatic heterocycles. The number of benzene rings is 1. The van der Waals surface area contributed by atoms with Gasteiger partial charge in [0.2, 0.25) is 0 Å². The SMILES string of the molecule is C=C(Nc1ccc(C(F)(F)F)nc1)c1n[nH]c2ccc(-c3cncc(CN4CCCCC4)c3)cc12. The second kappa shape index (κ2) is 9.50. The smallest absolute Gasteiger partial charge is 0.353 e. The molecule has 2 N–H and O–H groups in total. The highest BCUT2D eigenvalue weighted by Crippen LogP contribution is 2.30. The lowest BCUT2D eigenvalue weighted by Gasteiger charge is -2.26. The molecule has 5 rings (SSSR count). The molecule has 0 unspecified atom stereocenters. The number of halogens is 3. The molecule has 0 aliphatic carbocycles. The van der Waals surface area contributed by atoms with E-state index in [0.717, 1.165) is 53.9 Å². The number of hydrogen-bond donors (Lipinski definition) is 2. The molecule has 0 bridgehead atoms. The van der Waals surface area contributed by atoms with E-state index in [1.54, 1.807) is 0 Å². The quantitative estimate of drug-likeness (QED) is 0.350. The molecule has 0 amide bonds. The molecule has 180 valence electrons. The number of hydrogen-bond acceptors (Lipinski definition) is 5. The van der Waals surface area contributed by atoms with Crippen LogP contribution in [-0.4, -0.2) is 38.2 Å². The minimum atomic E-state index is -4.48. The Morgan fingerprint density at radius 2 is 1.83 bits per heavy atom. The zero-order chi connectivity index (χ0) is 24.4. The zero-order valence-corrected chi connectivity index (χ0v) is 19.1. The number of rotatable bonds is 6. The Hall–Kier alpha value is -3.72. The summed E-state index contributed by atoms with van der Waals surface area (Å²) < 4.78 is 38.3. The molecule has 0 atom stereocenters. The average Bonchev–Trinajstić information content (AvgIpc) is 3.28. The molecule has 0 spiro atoms. The Bertz CT molecular complexity index is 1340. The summed E-state index contributed by atoms with van der Waals surface area (Å²) in [7, 11) is 0. The van der Waals surface area contributed by atoms with Gasteiger partial charge in [-0.05, 0) is 67.4 Å². The van der Waals surface area contributed by atoms with Crippen molar-refractivity contribution in [3.05, 3.63) is 78.5 Å². The molecule has 6 nitrogen and oxygen atoms in total. The van der Waals surface area contributed by atoms with Crippen LogP contribution in [0.15, 0.2) is 61.6 Å². The topological polar surface area (TPSA) is 69.7 Å². The van der Waals surface area contributed by atoms with Crippen molar-refractivity contribution in [2.24, 2.45) is 0 Å². The van der Waals surface area contributed by atoms with E-state index in [9.17, 15) is 13.2 Å². The molecule has 0 radical (unpaired) electrons. The van der Waals surface area contributed by atoms with Gasteiger partial charge in [-0.3, -0.25) is 15.0 Å². The number of nitrogens with one attached hydrogen (secondary N) is 2. The van der Waals surface area contributed by atoms with E-state index in [4.69, 9.17) is 0 Å². The number of anilines is 1. The number of alkyl halides is 3. The second-order valence-corrected chi connectivity index (χ2v) is 8.78. The summed E-state index contributed by atoms with van der Waals surface area (Å²) in [4.78, 5) is 10.4. The Morgan fingerprint density at radius 1 is 1.00 bits per heavy atom. The molecule has 1 aromatic carbocycles. The van der Waals surface area contributed by atoms with Gasteiger partial charge < -0.3 is 5.32 Å². The van der Waals surface area contributed by atoms with Crippen LogP contribution in [0.2, 0.25) is 0 Å². The first-order valence-corrected chi connectivity index (χ1v) is 11.5. The van der Waals surface area contributed by atoms with Crippen molar-refractivity contribution < 1.29 is 13.2 Å². The predicted octanol–water partition coefficient (Wildman–Crippen LogP) is 6.11. The molecule has 9 heteroatoms. The first-order valence-electron chi connectivity index (χ1n) is 11.5. The van der Waals surface area contributed by atoms with Crippen molar-refractivity contribution >= 4 is 22.3 Å². The van der Waals surface area contributed by atoms with E-state index in [0.29, 0.717) is 17.1 Å². The summed E-state index contributed by atoms with van der Waals surface area (Å²) >= 11 is 0. The fourth-order valence-corrected chi connectivity index (χ4v) is 4.40. The third-order valence-electron chi connectivity index (χ3n) is 6.18. The molecular weight excluding hydrogens is 453 g/mol. The van der Waals surface area contributed by atoms with E-state index >= 15 is 0 Å². The van der Waals surface area contributed by atoms with Crippen molar-refractivity contribution in [2.75, 3.05) is 18.4 Å². The third-order valence-corrected chi connectivity index (χ3v) is 6.18. The molecule has 1 fully saturated rings. The predicted molar refractivity (Wildman–Crippen MR) is 130 cm³/mol. The number of piperidine rings is 1. The maximum atomic E-state index is 12.8. The number of aromatic amines is 1. The molecule has 4 heterocycles. The molecule has 0 saturated carbocycles. The summed E-state index contributed by atoms with van der Waals surface area (Å²) in [6, 6.07) is 10.4. The highest BCUT2D eigenvalue weighted by molar-refractivity contribution is 5.95. The van der Waals surface area contributed by atoms with E-state index in [-0.39, 0.29) is 0 Å². The maximum absolute atomic E-state index is 12.8. The highest BCUT2D eigenvalue weighted by atomic mass is 19.4. The van der Waals surface area contributed by atoms with Crippen LogP contribution < -0.4 is 5.32 Å². The van der Waals surface area contributed by atoms with Crippen LogP contribution in [0, 0.1) is 0 Å². The van der Waals surface area contributed by atoms with Gasteiger partial charge in [0.15, 0.2) is 0 Å². The summed E-state index contributed by atoms with van der Waals surface area (Å²) in [6.45, 7) is 7.17. The van der Waals surface area contributed by atoms with Gasteiger partial charge in [-0.2, -0.15) is 18.3 Å². The summed E-state index contributed by atoms with van der Waals surface area (Å²) in [5.74, 6) is 0. The molecule has 4 aromatic rings. The fourth-order valence-electron chi connectivity index (χ4n) is 4.40. The Balaban J connectivity index is 1.37. The van der Waals surface area contributed by atoms with Gasteiger partial charge in [0.05, 0.1) is 23.1 Å². The van der Waals surface area contributed by atoms with Gasteiger partial charge in [0.25, 0.3) is 0 Å².